The van der Waals surface area contributed by atoms with Crippen molar-refractivity contribution in [2.45, 2.75) is 45.6 Å². The van der Waals surface area contributed by atoms with Crippen molar-refractivity contribution in [3.05, 3.63) is 64.2 Å². The monoisotopic (exact) mass is 431 g/mol. The lowest BCUT2D eigenvalue weighted by Crippen LogP contribution is -2.51. The van der Waals surface area contributed by atoms with E-state index >= 15 is 0 Å². The molecule has 5 rings (SSSR count). The fourth-order valence-corrected chi connectivity index (χ4v) is 5.30. The molecule has 3 aliphatic rings. The summed E-state index contributed by atoms with van der Waals surface area (Å²) in [6, 6.07) is 11.3. The van der Waals surface area contributed by atoms with Gasteiger partial charge in [-0.3, -0.25) is 19.3 Å². The van der Waals surface area contributed by atoms with E-state index in [9.17, 15) is 14.4 Å². The number of benzene rings is 2. The predicted molar refractivity (Wildman–Crippen MR) is 123 cm³/mol. The van der Waals surface area contributed by atoms with Gasteiger partial charge in [-0.2, -0.15) is 0 Å². The number of imide groups is 1. The molecule has 0 bridgehead atoms. The van der Waals surface area contributed by atoms with E-state index in [2.05, 4.69) is 4.90 Å². The molecule has 1 saturated carbocycles. The molecule has 1 aliphatic carbocycles. The highest BCUT2D eigenvalue weighted by Gasteiger charge is 2.38. The number of anilines is 1. The summed E-state index contributed by atoms with van der Waals surface area (Å²) in [5, 5.41) is 0. The van der Waals surface area contributed by atoms with Crippen molar-refractivity contribution in [1.29, 1.82) is 0 Å². The van der Waals surface area contributed by atoms with Crippen molar-refractivity contribution in [2.75, 3.05) is 31.1 Å². The van der Waals surface area contributed by atoms with Gasteiger partial charge in [-0.25, -0.2) is 4.90 Å². The van der Waals surface area contributed by atoms with Gasteiger partial charge in [-0.05, 0) is 62.1 Å². The molecule has 2 aliphatic heterocycles. The minimum atomic E-state index is -0.362. The van der Waals surface area contributed by atoms with Crippen LogP contribution in [0.2, 0.25) is 0 Å². The van der Waals surface area contributed by atoms with E-state index in [0.717, 1.165) is 24.2 Å². The van der Waals surface area contributed by atoms with Crippen LogP contribution in [0.4, 0.5) is 5.69 Å². The Morgan fingerprint density at radius 1 is 0.844 bits per heavy atom. The van der Waals surface area contributed by atoms with Crippen LogP contribution in [0.25, 0.3) is 0 Å². The zero-order chi connectivity index (χ0) is 22.4. The van der Waals surface area contributed by atoms with Crippen molar-refractivity contribution in [1.82, 2.24) is 9.80 Å². The fraction of sp³-hybridized carbons (Fsp3) is 0.423. The lowest BCUT2D eigenvalue weighted by atomic mass is 10.0. The van der Waals surface area contributed by atoms with Gasteiger partial charge in [-0.15, -0.1) is 0 Å². The highest BCUT2D eigenvalue weighted by atomic mass is 16.2. The Morgan fingerprint density at radius 2 is 1.53 bits per heavy atom. The normalized spacial score (nSPS) is 19.7. The zero-order valence-electron chi connectivity index (χ0n) is 18.8. The van der Waals surface area contributed by atoms with Crippen LogP contribution in [0.1, 0.15) is 67.9 Å². The second kappa shape index (κ2) is 8.17. The SMILES string of the molecule is Cc1ccc(C)c(N2C(=O)c3ccc(C(=O)N4CCN(C5CCCC5)CC4)cc3C2=O)c1. The van der Waals surface area contributed by atoms with Crippen molar-refractivity contribution in [3.63, 3.8) is 0 Å². The molecule has 2 fully saturated rings. The first-order chi connectivity index (χ1) is 15.4. The maximum Gasteiger partial charge on any atom is 0.266 e. The summed E-state index contributed by atoms with van der Waals surface area (Å²) in [7, 11) is 0. The van der Waals surface area contributed by atoms with Crippen LogP contribution in [-0.2, 0) is 0 Å². The third kappa shape index (κ3) is 3.52. The number of rotatable bonds is 3. The predicted octanol–water partition coefficient (Wildman–Crippen LogP) is 3.80. The Bertz CT molecular complexity index is 1100. The first kappa shape index (κ1) is 20.9. The second-order valence-electron chi connectivity index (χ2n) is 9.26. The molecular formula is C26H29N3O3. The molecule has 0 atom stereocenters. The Kier molecular flexibility index (Phi) is 5.33. The van der Waals surface area contributed by atoms with Crippen LogP contribution in [-0.4, -0.2) is 59.7 Å². The van der Waals surface area contributed by atoms with Gasteiger partial charge in [0, 0.05) is 37.8 Å². The van der Waals surface area contributed by atoms with Gasteiger partial charge in [0.05, 0.1) is 16.8 Å². The molecule has 0 spiro atoms. The van der Waals surface area contributed by atoms with E-state index in [1.54, 1.807) is 18.2 Å². The summed E-state index contributed by atoms with van der Waals surface area (Å²) in [5.41, 5.74) is 3.59. The Balaban J connectivity index is 1.34. The second-order valence-corrected chi connectivity index (χ2v) is 9.26. The summed E-state index contributed by atoms with van der Waals surface area (Å²) in [4.78, 5) is 45.0. The first-order valence-electron chi connectivity index (χ1n) is 11.6. The summed E-state index contributed by atoms with van der Waals surface area (Å²) in [6.07, 6.45) is 5.16. The number of carbonyl (C=O) groups excluding carboxylic acids is 3. The number of hydrogen-bond donors (Lipinski definition) is 0. The maximum atomic E-state index is 13.2. The topological polar surface area (TPSA) is 60.9 Å². The van der Waals surface area contributed by atoms with Crippen LogP contribution in [0.3, 0.4) is 0 Å². The first-order valence-corrected chi connectivity index (χ1v) is 11.6. The van der Waals surface area contributed by atoms with Crippen LogP contribution in [0.15, 0.2) is 36.4 Å². The van der Waals surface area contributed by atoms with Crippen LogP contribution in [0, 0.1) is 13.8 Å². The van der Waals surface area contributed by atoms with Gasteiger partial charge >= 0.3 is 0 Å². The molecule has 32 heavy (non-hydrogen) atoms. The van der Waals surface area contributed by atoms with Gasteiger partial charge in [0.2, 0.25) is 0 Å². The van der Waals surface area contributed by atoms with Crippen LogP contribution >= 0.6 is 0 Å². The summed E-state index contributed by atoms with van der Waals surface area (Å²) < 4.78 is 0. The molecule has 0 unspecified atom stereocenters. The number of carbonyl (C=O) groups is 3. The van der Waals surface area contributed by atoms with Crippen LogP contribution < -0.4 is 4.90 Å². The largest absolute Gasteiger partial charge is 0.336 e. The lowest BCUT2D eigenvalue weighted by molar-refractivity contribution is 0.0573. The highest BCUT2D eigenvalue weighted by molar-refractivity contribution is 6.35. The van der Waals surface area contributed by atoms with Gasteiger partial charge in [0.1, 0.15) is 0 Å². The van der Waals surface area contributed by atoms with E-state index < -0.39 is 0 Å². The molecule has 6 nitrogen and oxygen atoms in total. The fourth-order valence-electron chi connectivity index (χ4n) is 5.30. The van der Waals surface area contributed by atoms with Crippen molar-refractivity contribution >= 4 is 23.4 Å². The Labute approximate surface area is 188 Å². The molecule has 3 amide bonds. The van der Waals surface area contributed by atoms with Gasteiger partial charge in [-0.1, -0.05) is 25.0 Å². The highest BCUT2D eigenvalue weighted by Crippen LogP contribution is 2.32. The quantitative estimate of drug-likeness (QED) is 0.694. The molecule has 1 saturated heterocycles. The molecule has 0 radical (unpaired) electrons. The molecule has 6 heteroatoms. The number of fused-ring (bicyclic) bond motifs is 1. The van der Waals surface area contributed by atoms with Crippen molar-refractivity contribution in [3.8, 4) is 0 Å². The molecule has 166 valence electrons. The van der Waals surface area contributed by atoms with Gasteiger partial charge in [0.25, 0.3) is 17.7 Å². The average molecular weight is 432 g/mol. The molecule has 0 aromatic heterocycles. The van der Waals surface area contributed by atoms with E-state index in [4.69, 9.17) is 0 Å². The summed E-state index contributed by atoms with van der Waals surface area (Å²) in [5.74, 6) is -0.758. The van der Waals surface area contributed by atoms with E-state index in [1.165, 1.54) is 30.6 Å². The number of nitrogens with zero attached hydrogens (tertiary/aromatic N) is 3. The molecule has 2 heterocycles. The standard InChI is InChI=1S/C26H29N3O3/c1-17-7-8-18(2)23(15-17)29-25(31)21-10-9-19(16-22(21)26(29)32)24(30)28-13-11-27(12-14-28)20-5-3-4-6-20/h7-10,15-16,20H,3-6,11-14H2,1-2H3. The Hall–Kier alpha value is -2.99. The smallest absolute Gasteiger partial charge is 0.266 e. The minimum Gasteiger partial charge on any atom is -0.336 e. The number of piperazine rings is 1. The van der Waals surface area contributed by atoms with Gasteiger partial charge < -0.3 is 4.90 Å². The van der Waals surface area contributed by atoms with Crippen molar-refractivity contribution in [2.24, 2.45) is 0 Å². The summed E-state index contributed by atoms with van der Waals surface area (Å²) in [6.45, 7) is 7.03. The zero-order valence-corrected chi connectivity index (χ0v) is 18.8. The number of hydrogen-bond acceptors (Lipinski definition) is 4. The molecule has 0 N–H and O–H groups in total. The lowest BCUT2D eigenvalue weighted by Gasteiger charge is -2.38. The van der Waals surface area contributed by atoms with E-state index in [1.807, 2.05) is 36.9 Å². The number of aryl methyl sites for hydroxylation is 2. The molecular weight excluding hydrogens is 402 g/mol. The summed E-state index contributed by atoms with van der Waals surface area (Å²) >= 11 is 0. The minimum absolute atomic E-state index is 0.0655. The van der Waals surface area contributed by atoms with E-state index in [-0.39, 0.29) is 17.7 Å². The number of amides is 3. The van der Waals surface area contributed by atoms with Crippen molar-refractivity contribution < 1.29 is 14.4 Å². The van der Waals surface area contributed by atoms with Gasteiger partial charge in [0.15, 0.2) is 0 Å². The maximum absolute atomic E-state index is 13.2. The Morgan fingerprint density at radius 3 is 2.25 bits per heavy atom. The third-order valence-corrected chi connectivity index (χ3v) is 7.18. The average Bonchev–Trinajstić information content (AvgIpc) is 3.43. The third-order valence-electron chi connectivity index (χ3n) is 7.18. The molecule has 2 aromatic carbocycles. The van der Waals surface area contributed by atoms with Crippen LogP contribution in [0.5, 0.6) is 0 Å². The van der Waals surface area contributed by atoms with E-state index in [0.29, 0.717) is 41.5 Å². The molecule has 2 aromatic rings.